The Bertz CT molecular complexity index is 2340. The van der Waals surface area contributed by atoms with E-state index in [1.807, 2.05) is 0 Å². The van der Waals surface area contributed by atoms with Crippen molar-refractivity contribution in [3.63, 3.8) is 0 Å². The van der Waals surface area contributed by atoms with Crippen LogP contribution in [0.5, 0.6) is 0 Å². The fourth-order valence-electron chi connectivity index (χ4n) is 5.62. The minimum absolute atomic E-state index is 0.0132. The van der Waals surface area contributed by atoms with Crippen LogP contribution in [-0.2, 0) is 0 Å². The average molecular weight is 795 g/mol. The largest absolute Gasteiger partial charge is 0.367 e. The minimum atomic E-state index is -2.26. The highest BCUT2D eigenvalue weighted by atomic mass is 35.5. The van der Waals surface area contributed by atoms with Crippen molar-refractivity contribution in [1.29, 1.82) is 0 Å². The third-order valence-corrected chi connectivity index (χ3v) is 8.72. The first-order chi connectivity index (χ1) is 25.0. The monoisotopic (exact) mass is 794 g/mol. The lowest BCUT2D eigenvalue weighted by Gasteiger charge is -2.33. The standard InChI is InChI=1S/C17H13ClF5N5.C14H9ClF5N5/c1-7-2-4-27(5-3-7)16-9(15(18)26-17-24-6-25-28(16)17)8-10(19)12(21)14(23)13(22)11(8)20;1-4(2)23-13-6(12(15)24-14-21-3-22-25(13)14)5-7(16)9(18)11(20)10(19)8(5)17/h6-7H,2-5H2,1H3;3-4,23H,1-2H3. The fraction of sp³-hybridized carbons (Fsp3) is 0.290. The molecule has 0 aliphatic carbocycles. The molecule has 53 heavy (non-hydrogen) atoms. The number of piperidine rings is 1. The first kappa shape index (κ1) is 37.8. The molecule has 1 saturated heterocycles. The van der Waals surface area contributed by atoms with E-state index < -0.39 is 90.7 Å². The van der Waals surface area contributed by atoms with Crippen molar-refractivity contribution in [2.24, 2.45) is 5.92 Å². The summed E-state index contributed by atoms with van der Waals surface area (Å²) in [6.07, 6.45) is 3.81. The van der Waals surface area contributed by atoms with E-state index in [0.717, 1.165) is 30.0 Å². The lowest BCUT2D eigenvalue weighted by Crippen LogP contribution is -2.35. The van der Waals surface area contributed by atoms with Crippen molar-refractivity contribution >= 4 is 46.4 Å². The summed E-state index contributed by atoms with van der Waals surface area (Å²) < 4.78 is 141. The van der Waals surface area contributed by atoms with Crippen molar-refractivity contribution in [3.8, 4) is 22.3 Å². The van der Waals surface area contributed by atoms with Crippen LogP contribution in [0.1, 0.15) is 33.6 Å². The Balaban J connectivity index is 0.000000183. The van der Waals surface area contributed by atoms with Gasteiger partial charge in [0, 0.05) is 19.1 Å². The van der Waals surface area contributed by atoms with Crippen LogP contribution < -0.4 is 10.2 Å². The number of hydrogen-bond donors (Lipinski definition) is 1. The van der Waals surface area contributed by atoms with Gasteiger partial charge in [-0.3, -0.25) is 0 Å². The van der Waals surface area contributed by atoms with Gasteiger partial charge < -0.3 is 10.2 Å². The molecule has 0 atom stereocenters. The quantitative estimate of drug-likeness (QED) is 0.0805. The highest BCUT2D eigenvalue weighted by molar-refractivity contribution is 6.33. The van der Waals surface area contributed by atoms with Crippen LogP contribution in [0.15, 0.2) is 12.7 Å². The van der Waals surface area contributed by atoms with Gasteiger partial charge in [-0.15, -0.1) is 0 Å². The van der Waals surface area contributed by atoms with Crippen LogP contribution in [0.2, 0.25) is 10.3 Å². The fourth-order valence-corrected chi connectivity index (χ4v) is 6.14. The molecule has 0 unspecified atom stereocenters. The van der Waals surface area contributed by atoms with Gasteiger partial charge in [0.25, 0.3) is 11.6 Å². The molecule has 280 valence electrons. The molecule has 1 fully saturated rings. The highest BCUT2D eigenvalue weighted by Gasteiger charge is 2.34. The summed E-state index contributed by atoms with van der Waals surface area (Å²) in [4.78, 5) is 17.1. The van der Waals surface area contributed by atoms with Gasteiger partial charge in [0.15, 0.2) is 46.5 Å². The maximum absolute atomic E-state index is 14.5. The van der Waals surface area contributed by atoms with E-state index in [9.17, 15) is 43.9 Å². The number of fused-ring (bicyclic) bond motifs is 2. The van der Waals surface area contributed by atoms with Crippen LogP contribution in [0, 0.1) is 64.1 Å². The van der Waals surface area contributed by atoms with Crippen LogP contribution in [0.3, 0.4) is 0 Å². The molecule has 1 aliphatic heterocycles. The molecule has 5 heterocycles. The molecule has 0 amide bonds. The van der Waals surface area contributed by atoms with Crippen molar-refractivity contribution in [2.45, 2.75) is 39.7 Å². The Morgan fingerprint density at radius 1 is 0.604 bits per heavy atom. The van der Waals surface area contributed by atoms with Crippen LogP contribution in [0.4, 0.5) is 55.5 Å². The van der Waals surface area contributed by atoms with E-state index in [-0.39, 0.29) is 29.2 Å². The number of rotatable bonds is 5. The Morgan fingerprint density at radius 3 is 1.47 bits per heavy atom. The van der Waals surface area contributed by atoms with Crippen LogP contribution in [0.25, 0.3) is 33.8 Å². The smallest absolute Gasteiger partial charge is 0.255 e. The zero-order valence-electron chi connectivity index (χ0n) is 27.2. The maximum Gasteiger partial charge on any atom is 0.255 e. The molecule has 1 aliphatic rings. The van der Waals surface area contributed by atoms with Gasteiger partial charge in [-0.1, -0.05) is 30.1 Å². The summed E-state index contributed by atoms with van der Waals surface area (Å²) >= 11 is 12.1. The summed E-state index contributed by atoms with van der Waals surface area (Å²) in [6.45, 7) is 6.42. The lowest BCUT2D eigenvalue weighted by molar-refractivity contribution is 0.381. The van der Waals surface area contributed by atoms with Gasteiger partial charge in [-0.25, -0.2) is 43.9 Å². The maximum atomic E-state index is 14.5. The van der Waals surface area contributed by atoms with Gasteiger partial charge in [0.05, 0.1) is 22.3 Å². The molecule has 6 aromatic rings. The topological polar surface area (TPSA) is 101 Å². The number of nitrogens with one attached hydrogen (secondary N) is 1. The van der Waals surface area contributed by atoms with E-state index in [1.54, 1.807) is 18.7 Å². The second kappa shape index (κ2) is 14.4. The van der Waals surface area contributed by atoms with E-state index in [4.69, 9.17) is 23.2 Å². The number of nitrogens with zero attached hydrogens (tertiary/aromatic N) is 9. The second-order valence-electron chi connectivity index (χ2n) is 12.0. The zero-order valence-corrected chi connectivity index (χ0v) is 28.7. The summed E-state index contributed by atoms with van der Waals surface area (Å²) in [6, 6.07) is -0.286. The molecule has 1 N–H and O–H groups in total. The molecule has 2 aromatic carbocycles. The number of benzene rings is 2. The molecule has 0 spiro atoms. The highest BCUT2D eigenvalue weighted by Crippen LogP contribution is 2.43. The third-order valence-electron chi connectivity index (χ3n) is 8.17. The van der Waals surface area contributed by atoms with Crippen molar-refractivity contribution < 1.29 is 43.9 Å². The number of hydrogen-bond acceptors (Lipinski definition) is 8. The molecule has 0 radical (unpaired) electrons. The van der Waals surface area contributed by atoms with E-state index in [2.05, 4.69) is 42.4 Å². The molecular weight excluding hydrogens is 773 g/mol. The van der Waals surface area contributed by atoms with E-state index in [1.165, 1.54) is 4.52 Å². The predicted octanol–water partition coefficient (Wildman–Crippen LogP) is 8.34. The van der Waals surface area contributed by atoms with Gasteiger partial charge in [0.2, 0.25) is 11.6 Å². The van der Waals surface area contributed by atoms with Crippen LogP contribution in [-0.4, -0.2) is 58.3 Å². The van der Waals surface area contributed by atoms with Crippen LogP contribution >= 0.6 is 23.2 Å². The summed E-state index contributed by atoms with van der Waals surface area (Å²) in [5, 5.41) is 9.72. The van der Waals surface area contributed by atoms with Crippen molar-refractivity contribution in [1.82, 2.24) is 39.2 Å². The number of aromatic nitrogens is 8. The summed E-state index contributed by atoms with van der Waals surface area (Å²) in [5.74, 6) is -20.3. The molecular formula is C31H22Cl2F10N10. The SMILES string of the molecule is CC(C)Nc1c(-c2c(F)c(F)c(F)c(F)c2F)c(Cl)nc2ncnn12.CC1CCN(c2c(-c3c(F)c(F)c(F)c(F)c3F)c(Cl)nc3ncnn23)CC1. The normalized spacial score (nSPS) is 13.7. The minimum Gasteiger partial charge on any atom is -0.367 e. The van der Waals surface area contributed by atoms with Crippen molar-refractivity contribution in [2.75, 3.05) is 23.3 Å². The molecule has 10 nitrogen and oxygen atoms in total. The third kappa shape index (κ3) is 6.51. The molecule has 4 aromatic heterocycles. The molecule has 22 heteroatoms. The van der Waals surface area contributed by atoms with E-state index in [0.29, 0.717) is 19.0 Å². The summed E-state index contributed by atoms with van der Waals surface area (Å²) in [5.41, 5.74) is -3.27. The Kier molecular flexibility index (Phi) is 10.3. The zero-order chi connectivity index (χ0) is 38.6. The average Bonchev–Trinajstić information content (AvgIpc) is 3.79. The first-order valence-electron chi connectivity index (χ1n) is 15.4. The molecule has 7 rings (SSSR count). The predicted molar refractivity (Wildman–Crippen MR) is 171 cm³/mol. The summed E-state index contributed by atoms with van der Waals surface area (Å²) in [7, 11) is 0. The Morgan fingerprint density at radius 2 is 1.00 bits per heavy atom. The van der Waals surface area contributed by atoms with Gasteiger partial charge in [-0.05, 0) is 32.6 Å². The lowest BCUT2D eigenvalue weighted by atomic mass is 9.98. The Labute approximate surface area is 301 Å². The van der Waals surface area contributed by atoms with E-state index >= 15 is 0 Å². The number of anilines is 2. The Hall–Kier alpha value is -4.98. The van der Waals surface area contributed by atoms with Gasteiger partial charge in [0.1, 0.15) is 34.6 Å². The van der Waals surface area contributed by atoms with Crippen molar-refractivity contribution in [3.05, 3.63) is 81.1 Å². The van der Waals surface area contributed by atoms with Gasteiger partial charge in [-0.2, -0.15) is 39.2 Å². The molecule has 0 saturated carbocycles. The van der Waals surface area contributed by atoms with Gasteiger partial charge >= 0.3 is 0 Å². The molecule has 0 bridgehead atoms. The number of halogens is 12. The first-order valence-corrected chi connectivity index (χ1v) is 16.1. The second-order valence-corrected chi connectivity index (χ2v) is 12.7.